The first kappa shape index (κ1) is 47.8. The molecule has 0 spiro atoms. The Bertz CT molecular complexity index is 3220. The Kier molecular flexibility index (Phi) is 12.2. The molecule has 5 atom stereocenters. The molecule has 18 heteroatoms. The number of piperidine rings is 2. The van der Waals surface area contributed by atoms with Crippen molar-refractivity contribution >= 4 is 51.3 Å². The summed E-state index contributed by atoms with van der Waals surface area (Å²) in [6.07, 6.45) is 14.9. The first-order valence-electron chi connectivity index (χ1n) is 25.9. The molecule has 3 unspecified atom stereocenters. The van der Waals surface area contributed by atoms with Gasteiger partial charge in [-0.3, -0.25) is 29.6 Å². The predicted molar refractivity (Wildman–Crippen MR) is 270 cm³/mol. The molecule has 0 saturated carbocycles. The summed E-state index contributed by atoms with van der Waals surface area (Å²) in [4.78, 5) is 73.6. The Morgan fingerprint density at radius 2 is 1.81 bits per heavy atom. The molecule has 6 saturated heterocycles. The Balaban J connectivity index is 0.709. The molecule has 2 aromatic heterocycles. The van der Waals surface area contributed by atoms with Gasteiger partial charge in [-0.05, 0) is 105 Å². The third kappa shape index (κ3) is 8.53. The van der Waals surface area contributed by atoms with Crippen LogP contribution >= 0.6 is 0 Å². The molecule has 3 N–H and O–H groups in total. The van der Waals surface area contributed by atoms with E-state index in [9.17, 15) is 24.3 Å². The van der Waals surface area contributed by atoms with Gasteiger partial charge in [-0.2, -0.15) is 9.97 Å². The fraction of sp³-hybridized carbons (Fsp3) is 0.446. The van der Waals surface area contributed by atoms with Crippen molar-refractivity contribution in [2.24, 2.45) is 5.92 Å². The predicted octanol–water partition coefficient (Wildman–Crippen LogP) is 6.54. The fourth-order valence-electron chi connectivity index (χ4n) is 13.1. The van der Waals surface area contributed by atoms with Gasteiger partial charge in [-0.1, -0.05) is 42.3 Å². The third-order valence-electron chi connectivity index (χ3n) is 16.8. The van der Waals surface area contributed by atoms with Crippen molar-refractivity contribution in [2.45, 2.75) is 107 Å². The van der Waals surface area contributed by atoms with Crippen LogP contribution in [0.25, 0.3) is 32.9 Å². The van der Waals surface area contributed by atoms with E-state index < -0.39 is 29.1 Å². The van der Waals surface area contributed by atoms with E-state index in [4.69, 9.17) is 25.9 Å². The van der Waals surface area contributed by atoms with Gasteiger partial charge in [0.1, 0.15) is 47.9 Å². The highest BCUT2D eigenvalue weighted by atomic mass is 19.1. The van der Waals surface area contributed by atoms with Crippen LogP contribution in [0.3, 0.4) is 0 Å². The molecule has 16 nitrogen and oxygen atoms in total. The van der Waals surface area contributed by atoms with Gasteiger partial charge in [0.25, 0.3) is 5.91 Å². The van der Waals surface area contributed by atoms with Crippen LogP contribution in [0.2, 0.25) is 0 Å². The number of nitrogens with one attached hydrogen (secondary N) is 2. The first-order valence-corrected chi connectivity index (χ1v) is 25.9. The summed E-state index contributed by atoms with van der Waals surface area (Å²) < 4.78 is 45.0. The number of ether oxygens (including phenoxy) is 2. The maximum Gasteiger partial charge on any atom is 0.409 e. The lowest BCUT2D eigenvalue weighted by Gasteiger charge is -2.35. The zero-order valence-corrected chi connectivity index (χ0v) is 41.0. The summed E-state index contributed by atoms with van der Waals surface area (Å²) in [7, 11) is 0. The summed E-state index contributed by atoms with van der Waals surface area (Å²) in [5, 5.41) is 17.8. The minimum atomic E-state index is -0.788. The number of hydrogen-bond acceptors (Lipinski definition) is 13. The van der Waals surface area contributed by atoms with Gasteiger partial charge < -0.3 is 34.6 Å². The number of anilines is 1. The van der Waals surface area contributed by atoms with Gasteiger partial charge in [0.15, 0.2) is 5.82 Å². The second-order valence-corrected chi connectivity index (χ2v) is 21.4. The normalized spacial score (nSPS) is 25.0. The van der Waals surface area contributed by atoms with Crippen LogP contribution in [0, 0.1) is 29.9 Å². The lowest BCUT2D eigenvalue weighted by Crippen LogP contribution is -2.52. The highest BCUT2D eigenvalue weighted by Crippen LogP contribution is 2.45. The topological polar surface area (TPSA) is 183 Å². The number of aromatic hydroxyl groups is 1. The average Bonchev–Trinajstić information content (AvgIpc) is 4.13. The number of likely N-dealkylation sites (tertiary alicyclic amines) is 1. The van der Waals surface area contributed by atoms with E-state index in [0.717, 1.165) is 61.6 Å². The van der Waals surface area contributed by atoms with E-state index >= 15 is 8.78 Å². The molecule has 12 rings (SSSR count). The molecule has 6 fully saturated rings. The van der Waals surface area contributed by atoms with E-state index in [1.807, 2.05) is 18.2 Å². The van der Waals surface area contributed by atoms with Gasteiger partial charge in [0.05, 0.1) is 16.5 Å². The smallest absolute Gasteiger partial charge is 0.409 e. The van der Waals surface area contributed by atoms with Crippen LogP contribution in [-0.4, -0.2) is 134 Å². The number of pyridine rings is 1. The largest absolute Gasteiger partial charge is 0.508 e. The van der Waals surface area contributed by atoms with E-state index in [-0.39, 0.29) is 95.2 Å². The Morgan fingerprint density at radius 3 is 2.59 bits per heavy atom. The van der Waals surface area contributed by atoms with Gasteiger partial charge in [0, 0.05) is 86.5 Å². The zero-order valence-electron chi connectivity index (χ0n) is 41.0. The number of amides is 4. The van der Waals surface area contributed by atoms with Crippen LogP contribution in [0.5, 0.6) is 11.8 Å². The van der Waals surface area contributed by atoms with Gasteiger partial charge >= 0.3 is 12.1 Å². The quantitative estimate of drug-likeness (QED) is 0.0739. The SMILES string of the molecule is C#Cc1c(F)ccc2cc(O)cc(-c3ncc4c(N5CC6CCC(C5)N6)nc(OC[C@@]56CC[C@@H](COC(=O)N7CCC(CCc8cccc9c8C(=O)N(C8CCC(=O)NC8=O)C9)CC7)N5CC(=C)C6)nc4c3F)c12. The molecule has 74 heavy (non-hydrogen) atoms. The lowest BCUT2D eigenvalue weighted by molar-refractivity contribution is -0.136. The van der Waals surface area contributed by atoms with Crippen molar-refractivity contribution < 1.29 is 42.5 Å². The van der Waals surface area contributed by atoms with Crippen LogP contribution in [0.1, 0.15) is 91.3 Å². The molecule has 2 bridgehead atoms. The van der Waals surface area contributed by atoms with Crippen molar-refractivity contribution in [3.05, 3.63) is 94.7 Å². The van der Waals surface area contributed by atoms with Crippen molar-refractivity contribution in [2.75, 3.05) is 50.8 Å². The van der Waals surface area contributed by atoms with Crippen molar-refractivity contribution in [1.82, 2.24) is 40.3 Å². The van der Waals surface area contributed by atoms with Crippen LogP contribution in [0.4, 0.5) is 19.4 Å². The summed E-state index contributed by atoms with van der Waals surface area (Å²) >= 11 is 0. The average molecular weight is 1010 g/mol. The number of phenolic OH excluding ortho intramolecular Hbond substituents is 1. The lowest BCUT2D eigenvalue weighted by atomic mass is 9.89. The molecular formula is C56H57F2N9O7. The first-order chi connectivity index (χ1) is 35.8. The number of benzene rings is 3. The standard InChI is InChI=1S/C56H57F2N9O7/c1-3-40-43(57)12-9-34-21-39(68)22-41(47(34)40)49-48(58)50-42(24-59-49)51(65-27-36-10-11-37(28-65)60-36)63-54(62-50)74-30-56-18-15-38(67(56)25-31(2)23-56)29-73-55(72)64-19-16-32(17-20-64)7-8-33-5-4-6-35-26-66(53(71)46(33)35)44-13-14-45(69)61-52(44)70/h1,4-6,9,12,21-22,24,32,36-38,44,60,68H,2,7-8,10-11,13-20,23,25-30H2,(H,61,69,70)/t36?,37?,38-,44?,56-/m0/s1. The summed E-state index contributed by atoms with van der Waals surface area (Å²) in [6.45, 7) is 8.13. The molecule has 0 radical (unpaired) electrons. The number of terminal acetylenes is 1. The molecule has 0 aliphatic carbocycles. The summed E-state index contributed by atoms with van der Waals surface area (Å²) in [5.41, 5.74) is 2.95. The number of imide groups is 1. The fourth-order valence-corrected chi connectivity index (χ4v) is 13.1. The number of rotatable bonds is 11. The van der Waals surface area contributed by atoms with E-state index in [1.54, 1.807) is 9.80 Å². The monoisotopic (exact) mass is 1010 g/mol. The number of aryl methyl sites for hydroxylation is 1. The van der Waals surface area contributed by atoms with Crippen LogP contribution in [-0.2, 0) is 27.3 Å². The molecule has 382 valence electrons. The van der Waals surface area contributed by atoms with Gasteiger partial charge in [-0.25, -0.2) is 13.6 Å². The highest BCUT2D eigenvalue weighted by Gasteiger charge is 2.52. The second-order valence-electron chi connectivity index (χ2n) is 21.4. The number of piperazine rings is 1. The molecule has 7 aliphatic heterocycles. The molecule has 4 amide bonds. The number of carbonyl (C=O) groups is 4. The molecule has 3 aromatic carbocycles. The second kappa shape index (κ2) is 18.9. The molecule has 5 aromatic rings. The number of halogens is 2. The number of nitrogens with zero attached hydrogens (tertiary/aromatic N) is 7. The Morgan fingerprint density at radius 1 is 1.00 bits per heavy atom. The van der Waals surface area contributed by atoms with E-state index in [0.29, 0.717) is 86.6 Å². The number of aromatic nitrogens is 3. The minimum Gasteiger partial charge on any atom is -0.508 e. The van der Waals surface area contributed by atoms with E-state index in [1.165, 1.54) is 30.5 Å². The molecular weight excluding hydrogens is 949 g/mol. The van der Waals surface area contributed by atoms with Crippen LogP contribution in [0.15, 0.2) is 60.8 Å². The maximum atomic E-state index is 17.3. The number of hydrogen-bond donors (Lipinski definition) is 3. The third-order valence-corrected chi connectivity index (χ3v) is 16.8. The molecule has 7 aliphatic rings. The van der Waals surface area contributed by atoms with Crippen molar-refractivity contribution in [1.29, 1.82) is 0 Å². The maximum absolute atomic E-state index is 17.3. The summed E-state index contributed by atoms with van der Waals surface area (Å²) in [6, 6.07) is 11.1. The van der Waals surface area contributed by atoms with E-state index in [2.05, 4.69) is 37.9 Å². The number of carbonyl (C=O) groups excluding carboxylic acids is 4. The number of fused-ring (bicyclic) bond motifs is 6. The van der Waals surface area contributed by atoms with Crippen molar-refractivity contribution in [3.8, 4) is 35.4 Å². The van der Waals surface area contributed by atoms with Gasteiger partial charge in [-0.15, -0.1) is 6.42 Å². The zero-order chi connectivity index (χ0) is 51.0. The summed E-state index contributed by atoms with van der Waals surface area (Å²) in [5.74, 6) is 0.759. The Hall–Kier alpha value is -7.23. The molecule has 9 heterocycles. The van der Waals surface area contributed by atoms with Gasteiger partial charge in [0.2, 0.25) is 11.8 Å². The minimum absolute atomic E-state index is 0.00624. The van der Waals surface area contributed by atoms with Crippen LogP contribution < -0.4 is 20.3 Å². The number of phenols is 1. The van der Waals surface area contributed by atoms with Crippen molar-refractivity contribution in [3.63, 3.8) is 0 Å². The Labute approximate surface area is 426 Å². The highest BCUT2D eigenvalue weighted by molar-refractivity contribution is 6.06.